The molecule has 3 nitrogen and oxygen atoms in total. The number of aromatic nitrogens is 1. The van der Waals surface area contributed by atoms with Crippen LogP contribution in [-0.4, -0.2) is 11.0 Å². The normalized spacial score (nSPS) is 26.5. The average molecular weight is 177 g/mol. The largest absolute Gasteiger partial charge is 0.397 e. The minimum absolute atomic E-state index is 0.624. The Labute approximate surface area is 78.4 Å². The predicted octanol–water partition coefficient (Wildman–Crippen LogP) is 1.87. The van der Waals surface area contributed by atoms with Crippen molar-refractivity contribution in [2.45, 2.75) is 25.8 Å². The molecule has 1 aliphatic rings. The third-order valence-electron chi connectivity index (χ3n) is 2.50. The standard InChI is InChI=1S/C10H15N3/c1-7-2-9(3-7)13-10-4-8(11)5-12-6-10/h4-7,9,13H,2-3,11H2,1H3. The van der Waals surface area contributed by atoms with Crippen molar-refractivity contribution in [3.8, 4) is 0 Å². The second-order valence-corrected chi connectivity index (χ2v) is 3.92. The zero-order chi connectivity index (χ0) is 9.26. The Kier molecular flexibility index (Phi) is 2.08. The molecule has 1 saturated carbocycles. The number of pyridine rings is 1. The van der Waals surface area contributed by atoms with E-state index in [1.165, 1.54) is 12.8 Å². The molecule has 3 heteroatoms. The van der Waals surface area contributed by atoms with Crippen LogP contribution in [0, 0.1) is 5.92 Å². The van der Waals surface area contributed by atoms with Crippen LogP contribution in [-0.2, 0) is 0 Å². The molecule has 0 unspecified atom stereocenters. The van der Waals surface area contributed by atoms with Crippen LogP contribution in [0.25, 0.3) is 0 Å². The number of rotatable bonds is 2. The summed E-state index contributed by atoms with van der Waals surface area (Å²) in [5, 5.41) is 3.41. The van der Waals surface area contributed by atoms with Crippen molar-refractivity contribution < 1.29 is 0 Å². The Morgan fingerprint density at radius 3 is 2.85 bits per heavy atom. The first-order chi connectivity index (χ1) is 6.24. The van der Waals surface area contributed by atoms with Gasteiger partial charge in [-0.3, -0.25) is 4.98 Å². The van der Waals surface area contributed by atoms with Crippen LogP contribution >= 0.6 is 0 Å². The SMILES string of the molecule is CC1CC(Nc2cncc(N)c2)C1. The highest BCUT2D eigenvalue weighted by Crippen LogP contribution is 2.29. The third-order valence-corrected chi connectivity index (χ3v) is 2.50. The van der Waals surface area contributed by atoms with E-state index in [1.54, 1.807) is 6.20 Å². The van der Waals surface area contributed by atoms with Crippen LogP contribution in [0.1, 0.15) is 19.8 Å². The molecule has 0 atom stereocenters. The van der Waals surface area contributed by atoms with Crippen molar-refractivity contribution in [2.24, 2.45) is 5.92 Å². The highest BCUT2D eigenvalue weighted by atomic mass is 14.9. The third kappa shape index (κ3) is 1.91. The number of anilines is 2. The van der Waals surface area contributed by atoms with E-state index >= 15 is 0 Å². The number of hydrogen-bond donors (Lipinski definition) is 2. The van der Waals surface area contributed by atoms with Gasteiger partial charge in [-0.2, -0.15) is 0 Å². The van der Waals surface area contributed by atoms with E-state index in [1.807, 2.05) is 12.3 Å². The van der Waals surface area contributed by atoms with Crippen LogP contribution in [0.15, 0.2) is 18.5 Å². The molecule has 0 spiro atoms. The van der Waals surface area contributed by atoms with E-state index in [4.69, 9.17) is 5.73 Å². The quantitative estimate of drug-likeness (QED) is 0.725. The van der Waals surface area contributed by atoms with Crippen LogP contribution < -0.4 is 11.1 Å². The van der Waals surface area contributed by atoms with E-state index in [9.17, 15) is 0 Å². The van der Waals surface area contributed by atoms with E-state index in [0.717, 1.165) is 17.3 Å². The minimum Gasteiger partial charge on any atom is -0.397 e. The fourth-order valence-corrected chi connectivity index (χ4v) is 1.79. The lowest BCUT2D eigenvalue weighted by molar-refractivity contribution is 0.309. The Morgan fingerprint density at radius 1 is 1.46 bits per heavy atom. The van der Waals surface area contributed by atoms with Gasteiger partial charge >= 0.3 is 0 Å². The molecule has 1 fully saturated rings. The van der Waals surface area contributed by atoms with E-state index < -0.39 is 0 Å². The second-order valence-electron chi connectivity index (χ2n) is 3.92. The maximum Gasteiger partial charge on any atom is 0.0549 e. The lowest BCUT2D eigenvalue weighted by Gasteiger charge is -2.33. The zero-order valence-electron chi connectivity index (χ0n) is 7.83. The molecule has 0 aromatic carbocycles. The van der Waals surface area contributed by atoms with Crippen molar-refractivity contribution in [3.63, 3.8) is 0 Å². The van der Waals surface area contributed by atoms with Gasteiger partial charge in [0.25, 0.3) is 0 Å². The van der Waals surface area contributed by atoms with Crippen molar-refractivity contribution >= 4 is 11.4 Å². The van der Waals surface area contributed by atoms with Gasteiger partial charge in [-0.05, 0) is 24.8 Å². The highest BCUT2D eigenvalue weighted by molar-refractivity contribution is 5.51. The Bertz CT molecular complexity index is 292. The van der Waals surface area contributed by atoms with Crippen LogP contribution in [0.3, 0.4) is 0 Å². The summed E-state index contributed by atoms with van der Waals surface area (Å²) in [7, 11) is 0. The van der Waals surface area contributed by atoms with Crippen LogP contribution in [0.2, 0.25) is 0 Å². The summed E-state index contributed by atoms with van der Waals surface area (Å²) >= 11 is 0. The predicted molar refractivity (Wildman–Crippen MR) is 54.5 cm³/mol. The van der Waals surface area contributed by atoms with Gasteiger partial charge in [0.05, 0.1) is 17.6 Å². The van der Waals surface area contributed by atoms with Crippen molar-refractivity contribution in [3.05, 3.63) is 18.5 Å². The molecule has 1 aromatic heterocycles. The molecule has 0 radical (unpaired) electrons. The summed E-state index contributed by atoms with van der Waals surface area (Å²) in [5.74, 6) is 0.867. The van der Waals surface area contributed by atoms with Gasteiger partial charge in [0.15, 0.2) is 0 Å². The van der Waals surface area contributed by atoms with E-state index in [-0.39, 0.29) is 0 Å². The Hall–Kier alpha value is -1.25. The first kappa shape index (κ1) is 8.35. The maximum atomic E-state index is 5.62. The Morgan fingerprint density at radius 2 is 2.23 bits per heavy atom. The molecule has 13 heavy (non-hydrogen) atoms. The van der Waals surface area contributed by atoms with Crippen LogP contribution in [0.4, 0.5) is 11.4 Å². The molecular weight excluding hydrogens is 162 g/mol. The lowest BCUT2D eigenvalue weighted by Crippen LogP contribution is -2.33. The molecule has 0 saturated heterocycles. The molecule has 1 heterocycles. The zero-order valence-corrected chi connectivity index (χ0v) is 7.83. The molecule has 3 N–H and O–H groups in total. The molecule has 0 aliphatic heterocycles. The number of hydrogen-bond acceptors (Lipinski definition) is 3. The summed E-state index contributed by atoms with van der Waals surface area (Å²) in [5.41, 5.74) is 7.38. The lowest BCUT2D eigenvalue weighted by atomic mass is 9.82. The average Bonchev–Trinajstić information content (AvgIpc) is 2.01. The molecule has 1 aromatic rings. The van der Waals surface area contributed by atoms with Gasteiger partial charge in [0.1, 0.15) is 0 Å². The summed E-state index contributed by atoms with van der Waals surface area (Å²) in [6.07, 6.45) is 6.00. The van der Waals surface area contributed by atoms with Gasteiger partial charge in [0.2, 0.25) is 0 Å². The van der Waals surface area contributed by atoms with Gasteiger partial charge in [-0.15, -0.1) is 0 Å². The molecule has 2 rings (SSSR count). The topological polar surface area (TPSA) is 50.9 Å². The van der Waals surface area contributed by atoms with Crippen LogP contribution in [0.5, 0.6) is 0 Å². The molecule has 0 bridgehead atoms. The summed E-state index contributed by atoms with van der Waals surface area (Å²) in [6, 6.07) is 2.55. The van der Waals surface area contributed by atoms with Gasteiger partial charge in [-0.1, -0.05) is 6.92 Å². The molecular formula is C10H15N3. The second kappa shape index (κ2) is 3.24. The number of nitrogen functional groups attached to an aromatic ring is 1. The minimum atomic E-state index is 0.624. The summed E-state index contributed by atoms with van der Waals surface area (Å²) in [4.78, 5) is 4.03. The van der Waals surface area contributed by atoms with Crippen molar-refractivity contribution in [1.82, 2.24) is 4.98 Å². The number of nitrogens with zero attached hydrogens (tertiary/aromatic N) is 1. The van der Waals surface area contributed by atoms with Gasteiger partial charge < -0.3 is 11.1 Å². The fourth-order valence-electron chi connectivity index (χ4n) is 1.79. The highest BCUT2D eigenvalue weighted by Gasteiger charge is 2.24. The fraction of sp³-hybridized carbons (Fsp3) is 0.500. The Balaban J connectivity index is 1.94. The first-order valence-corrected chi connectivity index (χ1v) is 4.71. The molecule has 1 aliphatic carbocycles. The smallest absolute Gasteiger partial charge is 0.0549 e. The van der Waals surface area contributed by atoms with E-state index in [0.29, 0.717) is 6.04 Å². The number of nitrogens with two attached hydrogens (primary N) is 1. The van der Waals surface area contributed by atoms with E-state index in [2.05, 4.69) is 17.2 Å². The molecule has 70 valence electrons. The first-order valence-electron chi connectivity index (χ1n) is 4.71. The summed E-state index contributed by atoms with van der Waals surface area (Å²) < 4.78 is 0. The van der Waals surface area contributed by atoms with Crippen molar-refractivity contribution in [1.29, 1.82) is 0 Å². The molecule has 0 amide bonds. The van der Waals surface area contributed by atoms with Crippen molar-refractivity contribution in [2.75, 3.05) is 11.1 Å². The maximum absolute atomic E-state index is 5.62. The number of nitrogens with one attached hydrogen (secondary N) is 1. The summed E-state index contributed by atoms with van der Waals surface area (Å²) in [6.45, 7) is 2.27. The monoisotopic (exact) mass is 177 g/mol. The van der Waals surface area contributed by atoms with Gasteiger partial charge in [0, 0.05) is 12.2 Å². The van der Waals surface area contributed by atoms with Gasteiger partial charge in [-0.25, -0.2) is 0 Å².